The number of aryl methyl sites for hydroxylation is 2. The maximum Gasteiger partial charge on any atom is 0.494 e. The van der Waals surface area contributed by atoms with Crippen LogP contribution in [-0.2, 0) is 21.1 Å². The van der Waals surface area contributed by atoms with Crippen LogP contribution in [0.5, 0.6) is 0 Å². The zero-order valence-electron chi connectivity index (χ0n) is 46.4. The van der Waals surface area contributed by atoms with Gasteiger partial charge in [-0.3, -0.25) is 9.97 Å². The molecule has 0 amide bonds. The van der Waals surface area contributed by atoms with Gasteiger partial charge in [0, 0.05) is 40.1 Å². The lowest BCUT2D eigenvalue weighted by Crippen LogP contribution is -2.35. The van der Waals surface area contributed by atoms with E-state index in [0.717, 1.165) is 84.5 Å². The molecule has 9 aromatic carbocycles. The van der Waals surface area contributed by atoms with E-state index in [1.54, 1.807) is 0 Å². The van der Waals surface area contributed by atoms with E-state index in [4.69, 9.17) is 19.3 Å². The number of pyridine rings is 2. The lowest BCUT2D eigenvalue weighted by atomic mass is 9.75. The number of rotatable bonds is 9. The van der Waals surface area contributed by atoms with Crippen LogP contribution in [0.25, 0.3) is 112 Å². The second kappa shape index (κ2) is 19.3. The van der Waals surface area contributed by atoms with Crippen molar-refractivity contribution < 1.29 is 9.31 Å². The van der Waals surface area contributed by atoms with E-state index in [1.807, 2.05) is 6.20 Å². The first kappa shape index (κ1) is 49.6. The van der Waals surface area contributed by atoms with Crippen LogP contribution in [0.15, 0.2) is 225 Å². The van der Waals surface area contributed by atoms with E-state index in [0.29, 0.717) is 0 Å². The highest BCUT2D eigenvalue weighted by molar-refractivity contribution is 6.62. The fourth-order valence-electron chi connectivity index (χ4n) is 12.8. The third-order valence-electron chi connectivity index (χ3n) is 17.6. The number of nitrogens with zero attached hydrogens (tertiary/aromatic N) is 2. The molecule has 0 saturated carbocycles. The van der Waals surface area contributed by atoms with Crippen molar-refractivity contribution in [1.82, 2.24) is 9.97 Å². The summed E-state index contributed by atoms with van der Waals surface area (Å²) in [6.07, 6.45) is 4.99. The summed E-state index contributed by atoms with van der Waals surface area (Å²) in [6.45, 7) is 15.4. The molecule has 0 radical (unpaired) electrons. The molecule has 11 aromatic rings. The van der Waals surface area contributed by atoms with Crippen LogP contribution in [0.3, 0.4) is 0 Å². The molecule has 3 heterocycles. The summed E-state index contributed by atoms with van der Waals surface area (Å²) in [6, 6.07) is 77.8. The van der Waals surface area contributed by atoms with Gasteiger partial charge in [0.2, 0.25) is 0 Å². The van der Waals surface area contributed by atoms with Crippen molar-refractivity contribution in [1.29, 1.82) is 0 Å². The fourth-order valence-corrected chi connectivity index (χ4v) is 12.8. The average molecular weight is 1030 g/mol. The zero-order chi connectivity index (χ0) is 54.4. The number of benzene rings is 9. The van der Waals surface area contributed by atoms with Crippen molar-refractivity contribution in [2.24, 2.45) is 0 Å². The maximum absolute atomic E-state index is 6.68. The lowest BCUT2D eigenvalue weighted by molar-refractivity contribution is 0.0842. The molecule has 5 heteroatoms. The summed E-state index contributed by atoms with van der Waals surface area (Å²) in [4.78, 5) is 10.1. The van der Waals surface area contributed by atoms with E-state index >= 15 is 0 Å². The molecule has 4 nitrogen and oxygen atoms in total. The summed E-state index contributed by atoms with van der Waals surface area (Å²) in [7, 11) is -0.521. The summed E-state index contributed by atoms with van der Waals surface area (Å²) >= 11 is 0. The molecule has 1 unspecified atom stereocenters. The molecule has 1 atom stereocenters. The van der Waals surface area contributed by atoms with Gasteiger partial charge in [-0.2, -0.15) is 0 Å². The largest absolute Gasteiger partial charge is 0.494 e. The first-order valence-electron chi connectivity index (χ1n) is 28.1. The van der Waals surface area contributed by atoms with Crippen molar-refractivity contribution in [2.75, 3.05) is 0 Å². The van der Waals surface area contributed by atoms with Crippen LogP contribution in [0.2, 0.25) is 0 Å². The molecule has 2 aromatic heterocycles. The van der Waals surface area contributed by atoms with Gasteiger partial charge < -0.3 is 9.31 Å². The molecule has 0 spiro atoms. The minimum absolute atomic E-state index is 0.0597. The van der Waals surface area contributed by atoms with Crippen LogP contribution in [0, 0.1) is 13.8 Å². The zero-order valence-corrected chi connectivity index (χ0v) is 46.4. The van der Waals surface area contributed by atoms with Gasteiger partial charge in [0.15, 0.2) is 0 Å². The highest BCUT2D eigenvalue weighted by Crippen LogP contribution is 2.50. The van der Waals surface area contributed by atoms with Gasteiger partial charge in [-0.15, -0.1) is 0 Å². The molecule has 0 N–H and O–H groups in total. The summed E-state index contributed by atoms with van der Waals surface area (Å²) < 4.78 is 13.3. The molecule has 1 aliphatic heterocycles. The lowest BCUT2D eigenvalue weighted by Gasteiger charge is -2.22. The topological polar surface area (TPSA) is 44.2 Å². The Morgan fingerprint density at radius 2 is 0.825 bits per heavy atom. The number of hydrogen-bond donors (Lipinski definition) is 0. The Morgan fingerprint density at radius 3 is 1.36 bits per heavy atom. The normalized spacial score (nSPS) is 15.3. The summed E-state index contributed by atoms with van der Waals surface area (Å²) in [5.74, 6) is 0. The molecular formula is C75H61BN2O2. The summed E-state index contributed by atoms with van der Waals surface area (Å²) in [5.41, 5.74) is 31.6. The van der Waals surface area contributed by atoms with Crippen molar-refractivity contribution in [3.8, 4) is 112 Å². The SMILES string of the molecule is Cc1cc(-c2ccc(-c3ccccc3-c3cc(B4OC(C)C(C)(C)O4)cc(-c4ccccc4-c4ccc(-c5cc(C)c(-c6ccc7c(c6)C(C)(C)c6ccccc6-7)cn5)cc4)c3)cc2)ncc1-c1ccc2c(c1)Cc1ccccc1-2. The number of aromatic nitrogens is 2. The van der Waals surface area contributed by atoms with E-state index in [9.17, 15) is 0 Å². The maximum atomic E-state index is 6.68. The van der Waals surface area contributed by atoms with E-state index in [-0.39, 0.29) is 11.5 Å². The Balaban J connectivity index is 0.760. The second-order valence-electron chi connectivity index (χ2n) is 23.3. The van der Waals surface area contributed by atoms with Crippen LogP contribution in [-0.4, -0.2) is 28.8 Å². The predicted molar refractivity (Wildman–Crippen MR) is 332 cm³/mol. The molecule has 3 aliphatic rings. The van der Waals surface area contributed by atoms with Gasteiger partial charge in [0.05, 0.1) is 23.1 Å². The van der Waals surface area contributed by atoms with Crippen LogP contribution >= 0.6 is 0 Å². The second-order valence-corrected chi connectivity index (χ2v) is 23.3. The standard InChI is InChI=1S/C75H61BN2O2/c1-46-36-72(77-44-68(46)54-32-34-65-56(39-54)38-53-16-8-9-19-62(53)65)51-28-24-49(25-29-51)60-17-10-12-20-63(60)57-40-58(42-59(41-57)76-79-48(3)75(6,7)80-76)64-21-13-11-18-61(64)50-26-30-52(31-27-50)73-37-47(2)69(45-78-73)55-33-35-67-66-22-14-15-23-70(66)74(4,5)71(67)43-55/h8-37,39-45,48H,38H2,1-7H3. The Hall–Kier alpha value is -8.74. The highest BCUT2D eigenvalue weighted by atomic mass is 16.7. The smallest absolute Gasteiger partial charge is 0.402 e. The Kier molecular flexibility index (Phi) is 11.9. The van der Waals surface area contributed by atoms with Gasteiger partial charge in [-0.25, -0.2) is 0 Å². The van der Waals surface area contributed by atoms with Crippen molar-refractivity contribution >= 4 is 12.6 Å². The van der Waals surface area contributed by atoms with E-state index in [1.165, 1.54) is 72.3 Å². The van der Waals surface area contributed by atoms with Gasteiger partial charge in [0.1, 0.15) is 0 Å². The Labute approximate surface area is 471 Å². The molecule has 2 aliphatic carbocycles. The van der Waals surface area contributed by atoms with E-state index < -0.39 is 12.7 Å². The number of hydrogen-bond acceptors (Lipinski definition) is 4. The average Bonchev–Trinajstić information content (AvgIpc) is 4.14. The molecule has 80 heavy (non-hydrogen) atoms. The molecule has 0 bridgehead atoms. The van der Waals surface area contributed by atoms with Crippen LogP contribution in [0.4, 0.5) is 0 Å². The fraction of sp³-hybridized carbons (Fsp3) is 0.147. The molecular weight excluding hydrogens is 972 g/mol. The van der Waals surface area contributed by atoms with Crippen molar-refractivity contribution in [3.63, 3.8) is 0 Å². The monoisotopic (exact) mass is 1030 g/mol. The summed E-state index contributed by atoms with van der Waals surface area (Å²) in [5, 5.41) is 0. The molecule has 386 valence electrons. The minimum Gasteiger partial charge on any atom is -0.402 e. The Morgan fingerprint density at radius 1 is 0.388 bits per heavy atom. The third-order valence-corrected chi connectivity index (χ3v) is 17.6. The van der Waals surface area contributed by atoms with Crippen molar-refractivity contribution in [2.45, 2.75) is 72.0 Å². The molecule has 1 fully saturated rings. The minimum atomic E-state index is -0.521. The highest BCUT2D eigenvalue weighted by Gasteiger charge is 2.44. The van der Waals surface area contributed by atoms with Crippen LogP contribution < -0.4 is 5.46 Å². The first-order valence-corrected chi connectivity index (χ1v) is 28.1. The van der Waals surface area contributed by atoms with Gasteiger partial charge >= 0.3 is 7.12 Å². The molecule has 14 rings (SSSR count). The Bertz CT molecular complexity index is 4270. The quantitative estimate of drug-likeness (QED) is 0.135. The predicted octanol–water partition coefficient (Wildman–Crippen LogP) is 18.2. The first-order chi connectivity index (χ1) is 38.8. The van der Waals surface area contributed by atoms with Gasteiger partial charge in [0.25, 0.3) is 0 Å². The number of fused-ring (bicyclic) bond motifs is 6. The molecule has 1 saturated heterocycles. The van der Waals surface area contributed by atoms with Gasteiger partial charge in [-0.1, -0.05) is 202 Å². The van der Waals surface area contributed by atoms with Crippen molar-refractivity contribution in [3.05, 3.63) is 258 Å². The van der Waals surface area contributed by atoms with E-state index in [2.05, 4.69) is 267 Å². The van der Waals surface area contributed by atoms with Crippen LogP contribution in [0.1, 0.15) is 68.0 Å². The third kappa shape index (κ3) is 8.55. The van der Waals surface area contributed by atoms with Gasteiger partial charge in [-0.05, 0) is 182 Å².